The van der Waals surface area contributed by atoms with Crippen LogP contribution in [0, 0.1) is 0 Å². The Balaban J connectivity index is 1.98. The maximum atomic E-state index is 13.0. The van der Waals surface area contributed by atoms with E-state index in [2.05, 4.69) is 5.32 Å². The zero-order chi connectivity index (χ0) is 21.5. The Hall–Kier alpha value is -2.62. The van der Waals surface area contributed by atoms with Gasteiger partial charge >= 0.3 is 5.97 Å². The predicted molar refractivity (Wildman–Crippen MR) is 124 cm³/mol. The second-order valence-electron chi connectivity index (χ2n) is 6.00. The number of thioether (sulfide) groups is 1. The van der Waals surface area contributed by atoms with Crippen molar-refractivity contribution in [2.75, 3.05) is 18.2 Å². The van der Waals surface area contributed by atoms with Crippen LogP contribution in [0.4, 0.5) is 5.69 Å². The maximum absolute atomic E-state index is 13.0. The fourth-order valence-electron chi connectivity index (χ4n) is 2.66. The van der Waals surface area contributed by atoms with E-state index in [0.29, 0.717) is 14.9 Å². The van der Waals surface area contributed by atoms with Crippen molar-refractivity contribution >= 4 is 64.2 Å². The number of benzene rings is 1. The van der Waals surface area contributed by atoms with Gasteiger partial charge in [0.1, 0.15) is 11.2 Å². The summed E-state index contributed by atoms with van der Waals surface area (Å²) in [6, 6.07) is 11.2. The van der Waals surface area contributed by atoms with Gasteiger partial charge < -0.3 is 10.1 Å². The zero-order valence-electron chi connectivity index (χ0n) is 16.4. The molecule has 0 bridgehead atoms. The summed E-state index contributed by atoms with van der Waals surface area (Å²) in [7, 11) is 0. The summed E-state index contributed by atoms with van der Waals surface area (Å²) in [5.41, 5.74) is 0.358. The highest BCUT2D eigenvalue weighted by Gasteiger charge is 2.12. The van der Waals surface area contributed by atoms with Crippen molar-refractivity contribution in [2.24, 2.45) is 0 Å². The van der Waals surface area contributed by atoms with Crippen LogP contribution in [0.5, 0.6) is 0 Å². The SMILES string of the molecule is CCOC(=O)C=c1sc(=Cc2cccs2)c(=O)n1CC(=O)Nc1ccccc1SC. The van der Waals surface area contributed by atoms with Crippen LogP contribution in [0.1, 0.15) is 11.8 Å². The summed E-state index contributed by atoms with van der Waals surface area (Å²) in [5, 5.41) is 4.76. The Bertz CT molecular complexity index is 1210. The number of ether oxygens (including phenoxy) is 1. The van der Waals surface area contributed by atoms with Gasteiger partial charge in [0.25, 0.3) is 5.56 Å². The van der Waals surface area contributed by atoms with Gasteiger partial charge in [-0.2, -0.15) is 0 Å². The number of thiophene rings is 1. The summed E-state index contributed by atoms with van der Waals surface area (Å²) in [6.45, 7) is 1.73. The Morgan fingerprint density at radius 3 is 2.73 bits per heavy atom. The molecule has 9 heteroatoms. The predicted octanol–water partition coefficient (Wildman–Crippen LogP) is 2.50. The van der Waals surface area contributed by atoms with Crippen molar-refractivity contribution in [2.45, 2.75) is 18.4 Å². The van der Waals surface area contributed by atoms with Crippen molar-refractivity contribution in [3.8, 4) is 0 Å². The summed E-state index contributed by atoms with van der Waals surface area (Å²) in [4.78, 5) is 39.4. The summed E-state index contributed by atoms with van der Waals surface area (Å²) in [5.74, 6) is -0.902. The van der Waals surface area contributed by atoms with Gasteiger partial charge in [0, 0.05) is 9.77 Å². The number of hydrogen-bond acceptors (Lipinski definition) is 7. The minimum Gasteiger partial charge on any atom is -0.463 e. The van der Waals surface area contributed by atoms with Gasteiger partial charge in [-0.25, -0.2) is 4.79 Å². The third-order valence-corrected chi connectivity index (χ3v) is 6.64. The second kappa shape index (κ2) is 10.4. The van der Waals surface area contributed by atoms with Gasteiger partial charge in [-0.1, -0.05) is 18.2 Å². The van der Waals surface area contributed by atoms with Crippen LogP contribution in [0.2, 0.25) is 0 Å². The number of rotatable bonds is 7. The zero-order valence-corrected chi connectivity index (χ0v) is 18.9. The van der Waals surface area contributed by atoms with E-state index < -0.39 is 5.97 Å². The van der Waals surface area contributed by atoms with E-state index in [-0.39, 0.29) is 24.6 Å². The normalized spacial score (nSPS) is 12.2. The molecule has 1 N–H and O–H groups in total. The van der Waals surface area contributed by atoms with Crippen LogP contribution in [0.3, 0.4) is 0 Å². The van der Waals surface area contributed by atoms with E-state index in [1.54, 1.807) is 13.0 Å². The number of amides is 1. The molecular formula is C21H20N2O4S3. The molecule has 0 unspecified atom stereocenters. The third kappa shape index (κ3) is 5.50. The van der Waals surface area contributed by atoms with Gasteiger partial charge in [-0.3, -0.25) is 14.2 Å². The van der Waals surface area contributed by atoms with E-state index >= 15 is 0 Å². The lowest BCUT2D eigenvalue weighted by atomic mass is 10.3. The molecule has 0 saturated heterocycles. The van der Waals surface area contributed by atoms with Gasteiger partial charge in [0.15, 0.2) is 0 Å². The van der Waals surface area contributed by atoms with E-state index in [4.69, 9.17) is 4.74 Å². The Labute approximate surface area is 185 Å². The van der Waals surface area contributed by atoms with Gasteiger partial charge in [-0.15, -0.1) is 34.4 Å². The van der Waals surface area contributed by atoms with E-state index in [0.717, 1.165) is 21.1 Å². The van der Waals surface area contributed by atoms with Crippen LogP contribution < -0.4 is 20.1 Å². The number of esters is 1. The Morgan fingerprint density at radius 1 is 1.23 bits per heavy atom. The number of carbonyl (C=O) groups excluding carboxylic acids is 2. The van der Waals surface area contributed by atoms with Crippen LogP contribution >= 0.6 is 34.4 Å². The quantitative estimate of drug-likeness (QED) is 0.433. The highest BCUT2D eigenvalue weighted by molar-refractivity contribution is 7.98. The number of carbonyl (C=O) groups is 2. The number of aromatic nitrogens is 1. The first-order valence-corrected chi connectivity index (χ1v) is 12.0. The van der Waals surface area contributed by atoms with Gasteiger partial charge in [0.05, 0.1) is 22.9 Å². The molecule has 0 aliphatic carbocycles. The highest BCUT2D eigenvalue weighted by atomic mass is 32.2. The van der Waals surface area contributed by atoms with Crippen molar-refractivity contribution in [1.29, 1.82) is 0 Å². The summed E-state index contributed by atoms with van der Waals surface area (Å²) in [6.07, 6.45) is 4.94. The molecule has 3 rings (SSSR count). The molecule has 0 atom stereocenters. The molecule has 156 valence electrons. The number of hydrogen-bond donors (Lipinski definition) is 1. The van der Waals surface area contributed by atoms with E-state index in [1.807, 2.05) is 48.0 Å². The van der Waals surface area contributed by atoms with Crippen molar-refractivity contribution in [3.05, 3.63) is 66.2 Å². The highest BCUT2D eigenvalue weighted by Crippen LogP contribution is 2.24. The first kappa shape index (κ1) is 22.1. The lowest BCUT2D eigenvalue weighted by Crippen LogP contribution is -2.36. The topological polar surface area (TPSA) is 77.4 Å². The fourth-order valence-corrected chi connectivity index (χ4v) is 4.97. The van der Waals surface area contributed by atoms with Crippen LogP contribution in [-0.2, 0) is 20.9 Å². The molecule has 1 aromatic carbocycles. The number of nitrogens with one attached hydrogen (secondary N) is 1. The second-order valence-corrected chi connectivity index (χ2v) is 8.89. The summed E-state index contributed by atoms with van der Waals surface area (Å²) >= 11 is 4.18. The molecule has 2 heterocycles. The smallest absolute Gasteiger partial charge is 0.333 e. The molecule has 30 heavy (non-hydrogen) atoms. The molecule has 6 nitrogen and oxygen atoms in total. The number of para-hydroxylation sites is 1. The molecule has 1 amide bonds. The number of anilines is 1. The van der Waals surface area contributed by atoms with Crippen LogP contribution in [0.15, 0.2) is 51.5 Å². The largest absolute Gasteiger partial charge is 0.463 e. The molecule has 0 aliphatic rings. The first-order chi connectivity index (χ1) is 14.5. The molecule has 0 saturated carbocycles. The first-order valence-electron chi connectivity index (χ1n) is 9.08. The molecule has 2 aromatic heterocycles. The van der Waals surface area contributed by atoms with Crippen LogP contribution in [-0.4, -0.2) is 29.3 Å². The van der Waals surface area contributed by atoms with Crippen LogP contribution in [0.25, 0.3) is 12.2 Å². The van der Waals surface area contributed by atoms with E-state index in [1.165, 1.54) is 33.7 Å². The molecular weight excluding hydrogens is 440 g/mol. The van der Waals surface area contributed by atoms with Gasteiger partial charge in [0.2, 0.25) is 5.91 Å². The molecule has 0 radical (unpaired) electrons. The molecule has 0 aliphatic heterocycles. The van der Waals surface area contributed by atoms with E-state index in [9.17, 15) is 14.4 Å². The summed E-state index contributed by atoms with van der Waals surface area (Å²) < 4.78 is 7.10. The lowest BCUT2D eigenvalue weighted by molar-refractivity contribution is -0.135. The standard InChI is InChI=1S/C21H20N2O4S3/c1-3-27-20(25)12-19-23(21(26)17(30-19)11-14-7-6-10-29-14)13-18(24)22-15-8-4-5-9-16(15)28-2/h4-12H,3,13H2,1-2H3,(H,22,24). The maximum Gasteiger partial charge on any atom is 0.333 e. The number of nitrogens with zero attached hydrogens (tertiary/aromatic N) is 1. The average molecular weight is 461 g/mol. The van der Waals surface area contributed by atoms with Gasteiger partial charge in [-0.05, 0) is 42.8 Å². The average Bonchev–Trinajstić information content (AvgIpc) is 3.33. The molecule has 0 fully saturated rings. The van der Waals surface area contributed by atoms with Crippen molar-refractivity contribution in [3.63, 3.8) is 0 Å². The molecule has 3 aromatic rings. The third-order valence-electron chi connectivity index (χ3n) is 3.96. The number of thiazole rings is 1. The Morgan fingerprint density at radius 2 is 2.03 bits per heavy atom. The Kier molecular flexibility index (Phi) is 7.67. The van der Waals surface area contributed by atoms with Crippen molar-refractivity contribution in [1.82, 2.24) is 4.57 Å². The van der Waals surface area contributed by atoms with Crippen molar-refractivity contribution < 1.29 is 14.3 Å². The molecule has 0 spiro atoms. The fraction of sp³-hybridized carbons (Fsp3) is 0.190. The minimum absolute atomic E-state index is 0.207. The lowest BCUT2D eigenvalue weighted by Gasteiger charge is -2.09. The minimum atomic E-state index is -0.552. The monoisotopic (exact) mass is 460 g/mol.